The number of carbonyl (C=O) groups is 3. The highest BCUT2D eigenvalue weighted by molar-refractivity contribution is 6.00. The van der Waals surface area contributed by atoms with E-state index in [1.165, 1.54) is 24.5 Å². The molecule has 3 N–H and O–H groups in total. The summed E-state index contributed by atoms with van der Waals surface area (Å²) < 4.78 is 0. The molecule has 0 spiro atoms. The molecule has 31 heavy (non-hydrogen) atoms. The van der Waals surface area contributed by atoms with E-state index in [1.807, 2.05) is 4.90 Å². The lowest BCUT2D eigenvalue weighted by molar-refractivity contribution is -0.384. The summed E-state index contributed by atoms with van der Waals surface area (Å²) in [7, 11) is 0. The number of hydrogen-bond acceptors (Lipinski definition) is 7. The first-order chi connectivity index (χ1) is 14.8. The van der Waals surface area contributed by atoms with Gasteiger partial charge in [0, 0.05) is 49.6 Å². The number of rotatable bonds is 5. The van der Waals surface area contributed by atoms with E-state index in [9.17, 15) is 24.5 Å². The number of amides is 3. The van der Waals surface area contributed by atoms with Gasteiger partial charge in [0.1, 0.15) is 0 Å². The fourth-order valence-corrected chi connectivity index (χ4v) is 3.30. The molecule has 1 saturated heterocycles. The Hall–Kier alpha value is -3.99. The van der Waals surface area contributed by atoms with Crippen LogP contribution in [-0.4, -0.2) is 58.9 Å². The standard InChI is InChI=1S/C20H21N5O6/c1-13(26)14-2-4-15(5-3-14)21-20(28)24-10-8-23(9-11-24)18-7-6-16(25(30)31)12-17(18)19(27)22-29/h2-7,12,29H,8-11H2,1H3,(H,21,28)(H,22,27). The van der Waals surface area contributed by atoms with Crippen LogP contribution < -0.4 is 15.7 Å². The normalized spacial score (nSPS) is 13.5. The summed E-state index contributed by atoms with van der Waals surface area (Å²) in [6, 6.07) is 10.1. The van der Waals surface area contributed by atoms with Crippen molar-refractivity contribution in [1.82, 2.24) is 10.4 Å². The van der Waals surface area contributed by atoms with Crippen LogP contribution in [0.2, 0.25) is 0 Å². The van der Waals surface area contributed by atoms with Crippen LogP contribution in [0.1, 0.15) is 27.6 Å². The molecule has 0 unspecified atom stereocenters. The van der Waals surface area contributed by atoms with Gasteiger partial charge in [0.25, 0.3) is 11.6 Å². The zero-order valence-corrected chi connectivity index (χ0v) is 16.7. The van der Waals surface area contributed by atoms with Crippen molar-refractivity contribution in [3.05, 3.63) is 63.7 Å². The minimum atomic E-state index is -0.854. The lowest BCUT2D eigenvalue weighted by atomic mass is 10.1. The molecule has 3 amide bonds. The van der Waals surface area contributed by atoms with Gasteiger partial charge < -0.3 is 15.1 Å². The highest BCUT2D eigenvalue weighted by atomic mass is 16.6. The summed E-state index contributed by atoms with van der Waals surface area (Å²) >= 11 is 0. The number of nitrogens with one attached hydrogen (secondary N) is 2. The number of benzene rings is 2. The Morgan fingerprint density at radius 3 is 2.23 bits per heavy atom. The number of piperazine rings is 1. The third-order valence-electron chi connectivity index (χ3n) is 4.99. The van der Waals surface area contributed by atoms with E-state index in [1.54, 1.807) is 29.2 Å². The van der Waals surface area contributed by atoms with Crippen molar-refractivity contribution in [2.45, 2.75) is 6.92 Å². The molecule has 0 atom stereocenters. The average molecular weight is 427 g/mol. The number of Topliss-reactive ketones (excluding diaryl/α,β-unsaturated/α-hetero) is 1. The number of ketones is 1. The maximum atomic E-state index is 12.5. The van der Waals surface area contributed by atoms with E-state index >= 15 is 0 Å². The highest BCUT2D eigenvalue weighted by Crippen LogP contribution is 2.27. The number of nitro groups is 1. The Labute approximate surface area is 177 Å². The van der Waals surface area contributed by atoms with Crippen LogP contribution >= 0.6 is 0 Å². The quantitative estimate of drug-likeness (QED) is 0.287. The number of urea groups is 1. The molecule has 1 fully saturated rings. The Kier molecular flexibility index (Phi) is 6.46. The van der Waals surface area contributed by atoms with E-state index in [-0.39, 0.29) is 23.1 Å². The minimum absolute atomic E-state index is 0.0276. The number of nitrogens with zero attached hydrogens (tertiary/aromatic N) is 3. The molecule has 1 heterocycles. The Bertz CT molecular complexity index is 1020. The number of non-ortho nitro benzene ring substituents is 1. The molecule has 0 saturated carbocycles. The van der Waals surface area contributed by atoms with E-state index in [0.29, 0.717) is 43.1 Å². The zero-order valence-electron chi connectivity index (χ0n) is 16.7. The molecule has 1 aliphatic heterocycles. The van der Waals surface area contributed by atoms with E-state index in [2.05, 4.69) is 5.32 Å². The number of carbonyl (C=O) groups excluding carboxylic acids is 3. The first kappa shape index (κ1) is 21.7. The van der Waals surface area contributed by atoms with Crippen molar-refractivity contribution >= 4 is 34.8 Å². The largest absolute Gasteiger partial charge is 0.367 e. The molecule has 3 rings (SSSR count). The van der Waals surface area contributed by atoms with Crippen molar-refractivity contribution in [2.24, 2.45) is 0 Å². The van der Waals surface area contributed by atoms with Crippen LogP contribution in [0, 0.1) is 10.1 Å². The average Bonchev–Trinajstić information content (AvgIpc) is 2.78. The van der Waals surface area contributed by atoms with Crippen LogP contribution in [-0.2, 0) is 0 Å². The van der Waals surface area contributed by atoms with Crippen molar-refractivity contribution < 1.29 is 24.5 Å². The van der Waals surface area contributed by atoms with Crippen LogP contribution in [0.4, 0.5) is 21.9 Å². The maximum absolute atomic E-state index is 12.5. The van der Waals surface area contributed by atoms with Crippen molar-refractivity contribution in [3.8, 4) is 0 Å². The summed E-state index contributed by atoms with van der Waals surface area (Å²) in [5, 5.41) is 22.8. The van der Waals surface area contributed by atoms with Crippen molar-refractivity contribution in [1.29, 1.82) is 0 Å². The van der Waals surface area contributed by atoms with Crippen LogP contribution in [0.5, 0.6) is 0 Å². The fraction of sp³-hybridized carbons (Fsp3) is 0.250. The van der Waals surface area contributed by atoms with Gasteiger partial charge in [-0.1, -0.05) is 0 Å². The Morgan fingerprint density at radius 1 is 1.03 bits per heavy atom. The van der Waals surface area contributed by atoms with E-state index in [4.69, 9.17) is 5.21 Å². The Morgan fingerprint density at radius 2 is 1.68 bits per heavy atom. The summed E-state index contributed by atoms with van der Waals surface area (Å²) in [5.41, 5.74) is 2.76. The number of hydrogen-bond donors (Lipinski definition) is 3. The van der Waals surface area contributed by atoms with Crippen molar-refractivity contribution in [3.63, 3.8) is 0 Å². The maximum Gasteiger partial charge on any atom is 0.321 e. The molecule has 162 valence electrons. The van der Waals surface area contributed by atoms with Crippen LogP contribution in [0.3, 0.4) is 0 Å². The number of hydroxylamine groups is 1. The second-order valence-corrected chi connectivity index (χ2v) is 6.94. The van der Waals surface area contributed by atoms with E-state index < -0.39 is 10.8 Å². The molecular formula is C20H21N5O6. The molecule has 1 aliphatic rings. The molecule has 2 aromatic rings. The van der Waals surface area contributed by atoms with Gasteiger partial charge in [-0.25, -0.2) is 10.3 Å². The molecule has 0 aliphatic carbocycles. The molecule has 2 aromatic carbocycles. The zero-order chi connectivity index (χ0) is 22.5. The third-order valence-corrected chi connectivity index (χ3v) is 4.99. The van der Waals surface area contributed by atoms with Gasteiger partial charge in [-0.2, -0.15) is 0 Å². The van der Waals surface area contributed by atoms with Gasteiger partial charge in [0.15, 0.2) is 5.78 Å². The number of anilines is 2. The summed E-state index contributed by atoms with van der Waals surface area (Å²) in [4.78, 5) is 49.7. The molecular weight excluding hydrogens is 406 g/mol. The summed E-state index contributed by atoms with van der Waals surface area (Å²) in [5.74, 6) is -0.914. The lowest BCUT2D eigenvalue weighted by Crippen LogP contribution is -2.50. The Balaban J connectivity index is 1.66. The molecule has 11 heteroatoms. The number of nitro benzene ring substituents is 1. The van der Waals surface area contributed by atoms with Gasteiger partial charge in [-0.05, 0) is 37.3 Å². The first-order valence-electron chi connectivity index (χ1n) is 9.45. The monoisotopic (exact) mass is 427 g/mol. The predicted molar refractivity (Wildman–Crippen MR) is 112 cm³/mol. The van der Waals surface area contributed by atoms with Gasteiger partial charge >= 0.3 is 6.03 Å². The molecule has 0 aromatic heterocycles. The minimum Gasteiger partial charge on any atom is -0.367 e. The van der Waals surface area contributed by atoms with Gasteiger partial charge in [-0.15, -0.1) is 0 Å². The molecule has 11 nitrogen and oxygen atoms in total. The smallest absolute Gasteiger partial charge is 0.321 e. The SMILES string of the molecule is CC(=O)c1ccc(NC(=O)N2CCN(c3ccc([N+](=O)[O-])cc3C(=O)NO)CC2)cc1. The third kappa shape index (κ3) is 4.95. The lowest BCUT2D eigenvalue weighted by Gasteiger charge is -2.36. The van der Waals surface area contributed by atoms with Gasteiger partial charge in [0.2, 0.25) is 0 Å². The van der Waals surface area contributed by atoms with Gasteiger partial charge in [0.05, 0.1) is 16.2 Å². The first-order valence-corrected chi connectivity index (χ1v) is 9.45. The van der Waals surface area contributed by atoms with Crippen molar-refractivity contribution in [2.75, 3.05) is 36.4 Å². The van der Waals surface area contributed by atoms with Crippen LogP contribution in [0.15, 0.2) is 42.5 Å². The summed E-state index contributed by atoms with van der Waals surface area (Å²) in [6.07, 6.45) is 0. The highest BCUT2D eigenvalue weighted by Gasteiger charge is 2.25. The second-order valence-electron chi connectivity index (χ2n) is 6.94. The topological polar surface area (TPSA) is 145 Å². The predicted octanol–water partition coefficient (Wildman–Crippen LogP) is 2.27. The summed E-state index contributed by atoms with van der Waals surface area (Å²) in [6.45, 7) is 2.96. The second kappa shape index (κ2) is 9.22. The van der Waals surface area contributed by atoms with Gasteiger partial charge in [-0.3, -0.25) is 24.9 Å². The van der Waals surface area contributed by atoms with Crippen LogP contribution in [0.25, 0.3) is 0 Å². The molecule has 0 bridgehead atoms. The van der Waals surface area contributed by atoms with E-state index in [0.717, 1.165) is 6.07 Å². The fourth-order valence-electron chi connectivity index (χ4n) is 3.30. The molecule has 0 radical (unpaired) electrons.